The predicted molar refractivity (Wildman–Crippen MR) is 134 cm³/mol. The van der Waals surface area contributed by atoms with Crippen molar-refractivity contribution in [2.45, 2.75) is 58.0 Å². The second-order valence-electron chi connectivity index (χ2n) is 7.47. The number of amides is 2. The first-order valence-corrected chi connectivity index (χ1v) is 12.8. The lowest BCUT2D eigenvalue weighted by atomic mass is 10.1. The zero-order chi connectivity index (χ0) is 22.8. The minimum absolute atomic E-state index is 0.0607. The van der Waals surface area contributed by atoms with Crippen LogP contribution < -0.4 is 5.32 Å². The summed E-state index contributed by atoms with van der Waals surface area (Å²) in [5, 5.41) is 3.62. The van der Waals surface area contributed by atoms with E-state index in [1.807, 2.05) is 69.3 Å². The standard InChI is InChI=1S/C24H30BrClN2O2S/c1-4-17(3)27-24(30)22(5-2)28(14-19-8-6-7-9-21(19)26)23(29)16-31-15-18-10-12-20(25)13-11-18/h6-13,17,22H,4-5,14-16H2,1-3H3,(H,27,30)/t17-,22+/m1/s1. The summed E-state index contributed by atoms with van der Waals surface area (Å²) in [6, 6.07) is 15.1. The number of rotatable bonds is 11. The van der Waals surface area contributed by atoms with Gasteiger partial charge in [0.1, 0.15) is 6.04 Å². The van der Waals surface area contributed by atoms with E-state index in [1.165, 1.54) is 0 Å². The van der Waals surface area contributed by atoms with Crippen LogP contribution in [0.1, 0.15) is 44.7 Å². The van der Waals surface area contributed by atoms with Crippen LogP contribution in [0, 0.1) is 0 Å². The minimum Gasteiger partial charge on any atom is -0.352 e. The van der Waals surface area contributed by atoms with Gasteiger partial charge in [0.25, 0.3) is 0 Å². The molecule has 0 saturated heterocycles. The van der Waals surface area contributed by atoms with Crippen molar-refractivity contribution in [3.05, 3.63) is 69.2 Å². The highest BCUT2D eigenvalue weighted by Gasteiger charge is 2.29. The summed E-state index contributed by atoms with van der Waals surface area (Å²) in [5.41, 5.74) is 1.99. The van der Waals surface area contributed by atoms with E-state index in [4.69, 9.17) is 11.6 Å². The Hall–Kier alpha value is -1.50. The second kappa shape index (κ2) is 13.1. The third kappa shape index (κ3) is 8.17. The van der Waals surface area contributed by atoms with Crippen LogP contribution in [0.5, 0.6) is 0 Å². The molecule has 2 atom stereocenters. The first-order chi connectivity index (χ1) is 14.8. The first-order valence-electron chi connectivity index (χ1n) is 10.5. The van der Waals surface area contributed by atoms with Gasteiger partial charge in [-0.15, -0.1) is 11.8 Å². The quantitative estimate of drug-likeness (QED) is 0.388. The Balaban J connectivity index is 2.14. The minimum atomic E-state index is -0.536. The molecule has 0 radical (unpaired) electrons. The van der Waals surface area contributed by atoms with Crippen LogP contribution in [0.15, 0.2) is 53.0 Å². The van der Waals surface area contributed by atoms with Gasteiger partial charge in [0.05, 0.1) is 5.75 Å². The van der Waals surface area contributed by atoms with E-state index in [-0.39, 0.29) is 17.9 Å². The number of benzene rings is 2. The van der Waals surface area contributed by atoms with Crippen molar-refractivity contribution in [3.8, 4) is 0 Å². The molecule has 0 heterocycles. The highest BCUT2D eigenvalue weighted by Crippen LogP contribution is 2.22. The van der Waals surface area contributed by atoms with Crippen molar-refractivity contribution >= 4 is 51.1 Å². The van der Waals surface area contributed by atoms with Gasteiger partial charge in [0, 0.05) is 27.8 Å². The maximum atomic E-state index is 13.2. The maximum absolute atomic E-state index is 13.2. The number of nitrogens with one attached hydrogen (secondary N) is 1. The molecule has 0 saturated carbocycles. The molecule has 2 amide bonds. The van der Waals surface area contributed by atoms with Crippen molar-refractivity contribution in [2.24, 2.45) is 0 Å². The Morgan fingerprint density at radius 3 is 2.39 bits per heavy atom. The van der Waals surface area contributed by atoms with E-state index in [0.717, 1.165) is 27.8 Å². The molecule has 4 nitrogen and oxygen atoms in total. The Labute approximate surface area is 203 Å². The van der Waals surface area contributed by atoms with E-state index in [1.54, 1.807) is 16.7 Å². The van der Waals surface area contributed by atoms with Crippen LogP contribution in [0.2, 0.25) is 5.02 Å². The Bertz CT molecular complexity index is 863. The number of halogens is 2. The lowest BCUT2D eigenvalue weighted by molar-refractivity contribution is -0.139. The molecule has 0 spiro atoms. The average molecular weight is 526 g/mol. The third-order valence-corrected chi connectivity index (χ3v) is 6.98. The molecule has 0 bridgehead atoms. The van der Waals surface area contributed by atoms with E-state index in [2.05, 4.69) is 21.2 Å². The summed E-state index contributed by atoms with van der Waals surface area (Å²) in [5.74, 6) is 0.853. The summed E-state index contributed by atoms with van der Waals surface area (Å²) in [4.78, 5) is 27.9. The highest BCUT2D eigenvalue weighted by atomic mass is 79.9. The molecule has 0 aliphatic rings. The lowest BCUT2D eigenvalue weighted by Gasteiger charge is -2.31. The van der Waals surface area contributed by atoms with Gasteiger partial charge < -0.3 is 10.2 Å². The fourth-order valence-electron chi connectivity index (χ4n) is 3.09. The summed E-state index contributed by atoms with van der Waals surface area (Å²) in [6.07, 6.45) is 1.37. The Morgan fingerprint density at radius 1 is 1.10 bits per heavy atom. The largest absolute Gasteiger partial charge is 0.352 e. The monoisotopic (exact) mass is 524 g/mol. The molecule has 31 heavy (non-hydrogen) atoms. The Kier molecular flexibility index (Phi) is 10.9. The number of nitrogens with zero attached hydrogens (tertiary/aromatic N) is 1. The fraction of sp³-hybridized carbons (Fsp3) is 0.417. The molecule has 168 valence electrons. The molecule has 0 aromatic heterocycles. The van der Waals surface area contributed by atoms with E-state index in [9.17, 15) is 9.59 Å². The number of carbonyl (C=O) groups excluding carboxylic acids is 2. The van der Waals surface area contributed by atoms with Crippen LogP contribution in [0.4, 0.5) is 0 Å². The molecule has 1 N–H and O–H groups in total. The molecule has 0 unspecified atom stereocenters. The van der Waals surface area contributed by atoms with Crippen molar-refractivity contribution in [1.29, 1.82) is 0 Å². The van der Waals surface area contributed by atoms with E-state index in [0.29, 0.717) is 23.7 Å². The van der Waals surface area contributed by atoms with Crippen LogP contribution in [-0.2, 0) is 21.9 Å². The van der Waals surface area contributed by atoms with Gasteiger partial charge in [-0.25, -0.2) is 0 Å². The number of hydrogen-bond acceptors (Lipinski definition) is 3. The SMILES string of the molecule is CC[C@@H](C)NC(=O)[C@H](CC)N(Cc1ccccc1Cl)C(=O)CSCc1ccc(Br)cc1. The zero-order valence-electron chi connectivity index (χ0n) is 18.2. The average Bonchev–Trinajstić information content (AvgIpc) is 2.76. The third-order valence-electron chi connectivity index (χ3n) is 5.09. The van der Waals surface area contributed by atoms with Crippen molar-refractivity contribution < 1.29 is 9.59 Å². The van der Waals surface area contributed by atoms with Crippen molar-refractivity contribution in [1.82, 2.24) is 10.2 Å². The van der Waals surface area contributed by atoms with E-state index < -0.39 is 6.04 Å². The number of carbonyl (C=O) groups is 2. The van der Waals surface area contributed by atoms with Gasteiger partial charge >= 0.3 is 0 Å². The fourth-order valence-corrected chi connectivity index (χ4v) is 4.42. The molecule has 2 aromatic carbocycles. The van der Waals surface area contributed by atoms with Gasteiger partial charge in [0.2, 0.25) is 11.8 Å². The van der Waals surface area contributed by atoms with Crippen LogP contribution >= 0.6 is 39.3 Å². The topological polar surface area (TPSA) is 49.4 Å². The highest BCUT2D eigenvalue weighted by molar-refractivity contribution is 9.10. The zero-order valence-corrected chi connectivity index (χ0v) is 21.4. The van der Waals surface area contributed by atoms with Gasteiger partial charge in [0.15, 0.2) is 0 Å². The Morgan fingerprint density at radius 2 is 1.77 bits per heavy atom. The van der Waals surface area contributed by atoms with Crippen LogP contribution in [-0.4, -0.2) is 34.6 Å². The second-order valence-corrected chi connectivity index (χ2v) is 9.78. The summed E-state index contributed by atoms with van der Waals surface area (Å²) >= 11 is 11.3. The van der Waals surface area contributed by atoms with E-state index >= 15 is 0 Å². The predicted octanol–water partition coefficient (Wildman–Crippen LogP) is 6.06. The van der Waals surface area contributed by atoms with Gasteiger partial charge in [-0.2, -0.15) is 0 Å². The smallest absolute Gasteiger partial charge is 0.243 e. The summed E-state index contributed by atoms with van der Waals surface area (Å²) < 4.78 is 1.03. The van der Waals surface area contributed by atoms with Gasteiger partial charge in [-0.1, -0.05) is 71.7 Å². The molecular formula is C24H30BrClN2O2S. The molecule has 0 fully saturated rings. The molecule has 0 aliphatic heterocycles. The molecule has 7 heteroatoms. The number of hydrogen-bond donors (Lipinski definition) is 1. The van der Waals surface area contributed by atoms with Gasteiger partial charge in [-0.05, 0) is 49.1 Å². The van der Waals surface area contributed by atoms with Crippen molar-refractivity contribution in [3.63, 3.8) is 0 Å². The number of thioether (sulfide) groups is 1. The van der Waals surface area contributed by atoms with Gasteiger partial charge in [-0.3, -0.25) is 9.59 Å². The van der Waals surface area contributed by atoms with Crippen molar-refractivity contribution in [2.75, 3.05) is 5.75 Å². The summed E-state index contributed by atoms with van der Waals surface area (Å²) in [7, 11) is 0. The molecule has 0 aliphatic carbocycles. The first kappa shape index (κ1) is 25.8. The molecule has 2 rings (SSSR count). The molecule has 2 aromatic rings. The van der Waals surface area contributed by atoms with Crippen LogP contribution in [0.25, 0.3) is 0 Å². The normalized spacial score (nSPS) is 12.8. The maximum Gasteiger partial charge on any atom is 0.243 e. The van der Waals surface area contributed by atoms with Crippen LogP contribution in [0.3, 0.4) is 0 Å². The molecular weight excluding hydrogens is 496 g/mol. The lowest BCUT2D eigenvalue weighted by Crippen LogP contribution is -2.51. The summed E-state index contributed by atoms with van der Waals surface area (Å²) in [6.45, 7) is 6.24.